The number of unbranched alkanes of at least 4 members (excludes halogenated alkanes) is 1. The second-order valence-electron chi connectivity index (χ2n) is 7.16. The van der Waals surface area contributed by atoms with Gasteiger partial charge in [0.25, 0.3) is 0 Å². The molecule has 1 aromatic carbocycles. The first-order chi connectivity index (χ1) is 12.9. The average Bonchev–Trinajstić information content (AvgIpc) is 2.61. The highest BCUT2D eigenvalue weighted by molar-refractivity contribution is 7.89. The van der Waals surface area contributed by atoms with Crippen molar-refractivity contribution < 1.29 is 18.3 Å². The molecule has 0 aromatic heterocycles. The Bertz CT molecular complexity index is 766. The van der Waals surface area contributed by atoms with Gasteiger partial charge in [-0.25, -0.2) is 13.1 Å². The standard InChI is InChI=1S/C21H29NO4S/c1-17-12-14-20(15-13-17)27(25,26)22-19-10-7-9-18(16-19)8-5-3-2-4-6-11-21(23)24/h2-3,5,8,12-15,18-19,22H,4,6-7,9-11,16H2,1H3,(H,23,24)/b3-2+,8-5+. The Morgan fingerprint density at radius 1 is 1.22 bits per heavy atom. The van der Waals surface area contributed by atoms with Crippen LogP contribution >= 0.6 is 0 Å². The van der Waals surface area contributed by atoms with Gasteiger partial charge in [-0.1, -0.05) is 48.4 Å². The highest BCUT2D eigenvalue weighted by Crippen LogP contribution is 2.26. The van der Waals surface area contributed by atoms with Gasteiger partial charge in [0.05, 0.1) is 4.90 Å². The van der Waals surface area contributed by atoms with E-state index in [0.717, 1.165) is 37.7 Å². The smallest absolute Gasteiger partial charge is 0.303 e. The summed E-state index contributed by atoms with van der Waals surface area (Å²) in [6.45, 7) is 1.93. The van der Waals surface area contributed by atoms with Gasteiger partial charge in [-0.2, -0.15) is 0 Å². The van der Waals surface area contributed by atoms with Crippen LogP contribution in [0.15, 0.2) is 53.5 Å². The fourth-order valence-electron chi connectivity index (χ4n) is 3.28. The summed E-state index contributed by atoms with van der Waals surface area (Å²) < 4.78 is 27.9. The van der Waals surface area contributed by atoms with Crippen molar-refractivity contribution in [1.29, 1.82) is 0 Å². The molecule has 27 heavy (non-hydrogen) atoms. The zero-order chi connectivity index (χ0) is 19.7. The Kier molecular flexibility index (Phi) is 8.25. The summed E-state index contributed by atoms with van der Waals surface area (Å²) in [5, 5.41) is 8.59. The summed E-state index contributed by atoms with van der Waals surface area (Å²) in [5.41, 5.74) is 1.04. The van der Waals surface area contributed by atoms with Crippen molar-refractivity contribution in [2.45, 2.75) is 62.8 Å². The van der Waals surface area contributed by atoms with Crippen LogP contribution in [0.1, 0.15) is 50.5 Å². The number of allylic oxidation sites excluding steroid dienone is 4. The van der Waals surface area contributed by atoms with Crippen LogP contribution in [0.5, 0.6) is 0 Å². The SMILES string of the molecule is Cc1ccc(S(=O)(=O)NC2CCCC(/C=C/C=C/CCCC(=O)O)C2)cc1. The molecule has 0 amide bonds. The maximum Gasteiger partial charge on any atom is 0.303 e. The van der Waals surface area contributed by atoms with E-state index in [1.165, 1.54) is 0 Å². The fourth-order valence-corrected chi connectivity index (χ4v) is 4.56. The van der Waals surface area contributed by atoms with Crippen LogP contribution in [0.25, 0.3) is 0 Å². The van der Waals surface area contributed by atoms with Crippen LogP contribution in [0, 0.1) is 12.8 Å². The molecule has 0 radical (unpaired) electrons. The lowest BCUT2D eigenvalue weighted by Crippen LogP contribution is -2.38. The molecule has 1 aliphatic carbocycles. The van der Waals surface area contributed by atoms with Gasteiger partial charge in [0.15, 0.2) is 0 Å². The van der Waals surface area contributed by atoms with Gasteiger partial charge in [-0.3, -0.25) is 4.79 Å². The molecule has 5 nitrogen and oxygen atoms in total. The summed E-state index contributed by atoms with van der Waals surface area (Å²) in [7, 11) is -3.48. The Labute approximate surface area is 162 Å². The van der Waals surface area contributed by atoms with Crippen molar-refractivity contribution in [3.63, 3.8) is 0 Å². The van der Waals surface area contributed by atoms with Crippen molar-refractivity contribution in [1.82, 2.24) is 4.72 Å². The molecule has 6 heteroatoms. The molecule has 2 unspecified atom stereocenters. The molecule has 1 saturated carbocycles. The minimum atomic E-state index is -3.48. The van der Waals surface area contributed by atoms with Crippen LogP contribution in [-0.2, 0) is 14.8 Å². The number of hydrogen-bond donors (Lipinski definition) is 2. The van der Waals surface area contributed by atoms with E-state index in [1.807, 2.05) is 37.3 Å². The third-order valence-electron chi connectivity index (χ3n) is 4.76. The molecule has 1 fully saturated rings. The third kappa shape index (κ3) is 7.69. The predicted molar refractivity (Wildman–Crippen MR) is 107 cm³/mol. The number of carbonyl (C=O) groups is 1. The second-order valence-corrected chi connectivity index (χ2v) is 8.87. The summed E-state index contributed by atoms with van der Waals surface area (Å²) in [6, 6.07) is 6.87. The number of carboxylic acid groups (broad SMARTS) is 1. The molecule has 0 saturated heterocycles. The molecular formula is C21H29NO4S. The minimum absolute atomic E-state index is 0.0424. The summed E-state index contributed by atoms with van der Waals surface area (Å²) in [5.74, 6) is -0.409. The normalized spacial score (nSPS) is 21.1. The van der Waals surface area contributed by atoms with Gasteiger partial charge in [0.2, 0.25) is 10.0 Å². The maximum atomic E-state index is 12.5. The number of aryl methyl sites for hydroxylation is 1. The van der Waals surface area contributed by atoms with Crippen LogP contribution < -0.4 is 4.72 Å². The van der Waals surface area contributed by atoms with Crippen molar-refractivity contribution in [3.8, 4) is 0 Å². The minimum Gasteiger partial charge on any atom is -0.481 e. The average molecular weight is 392 g/mol. The molecule has 1 aromatic rings. The summed E-state index contributed by atoms with van der Waals surface area (Å²) in [6.07, 6.45) is 13.3. The van der Waals surface area contributed by atoms with E-state index >= 15 is 0 Å². The number of sulfonamides is 1. The number of hydrogen-bond acceptors (Lipinski definition) is 3. The van der Waals surface area contributed by atoms with E-state index in [9.17, 15) is 13.2 Å². The number of benzene rings is 1. The third-order valence-corrected chi connectivity index (χ3v) is 6.30. The van der Waals surface area contributed by atoms with E-state index in [0.29, 0.717) is 17.2 Å². The van der Waals surface area contributed by atoms with E-state index in [4.69, 9.17) is 5.11 Å². The maximum absolute atomic E-state index is 12.5. The molecule has 1 aliphatic rings. The molecule has 148 valence electrons. The number of nitrogens with one attached hydrogen (secondary N) is 1. The molecule has 0 bridgehead atoms. The Balaban J connectivity index is 1.83. The van der Waals surface area contributed by atoms with Crippen molar-refractivity contribution in [3.05, 3.63) is 54.1 Å². The van der Waals surface area contributed by atoms with Gasteiger partial charge in [-0.15, -0.1) is 0 Å². The predicted octanol–water partition coefficient (Wildman–Crippen LogP) is 4.20. The van der Waals surface area contributed by atoms with E-state index in [2.05, 4.69) is 10.8 Å². The zero-order valence-corrected chi connectivity index (χ0v) is 16.6. The number of rotatable bonds is 9. The number of carboxylic acids is 1. The first-order valence-electron chi connectivity index (χ1n) is 9.51. The highest BCUT2D eigenvalue weighted by Gasteiger charge is 2.25. The lowest BCUT2D eigenvalue weighted by molar-refractivity contribution is -0.137. The molecule has 0 aliphatic heterocycles. The van der Waals surface area contributed by atoms with Crippen LogP contribution in [-0.4, -0.2) is 25.5 Å². The molecular weight excluding hydrogens is 362 g/mol. The fraction of sp³-hybridized carbons (Fsp3) is 0.476. The molecule has 2 rings (SSSR count). The van der Waals surface area contributed by atoms with Crippen molar-refractivity contribution in [2.24, 2.45) is 5.92 Å². The molecule has 0 heterocycles. The quantitative estimate of drug-likeness (QED) is 0.488. The zero-order valence-electron chi connectivity index (χ0n) is 15.8. The molecule has 0 spiro atoms. The van der Waals surface area contributed by atoms with Gasteiger partial charge >= 0.3 is 5.97 Å². The van der Waals surface area contributed by atoms with Crippen LogP contribution in [0.4, 0.5) is 0 Å². The van der Waals surface area contributed by atoms with Crippen molar-refractivity contribution >= 4 is 16.0 Å². The summed E-state index contributed by atoms with van der Waals surface area (Å²) >= 11 is 0. The van der Waals surface area contributed by atoms with Gasteiger partial charge in [0, 0.05) is 12.5 Å². The molecule has 2 atom stereocenters. The second kappa shape index (κ2) is 10.4. The van der Waals surface area contributed by atoms with E-state index in [1.54, 1.807) is 12.1 Å². The van der Waals surface area contributed by atoms with Crippen LogP contribution in [0.2, 0.25) is 0 Å². The highest BCUT2D eigenvalue weighted by atomic mass is 32.2. The largest absolute Gasteiger partial charge is 0.481 e. The molecule has 2 N–H and O–H groups in total. The van der Waals surface area contributed by atoms with Gasteiger partial charge in [-0.05, 0) is 57.1 Å². The lowest BCUT2D eigenvalue weighted by atomic mass is 9.86. The number of aliphatic carboxylic acids is 1. The lowest BCUT2D eigenvalue weighted by Gasteiger charge is -2.27. The van der Waals surface area contributed by atoms with E-state index in [-0.39, 0.29) is 12.5 Å². The van der Waals surface area contributed by atoms with E-state index < -0.39 is 16.0 Å². The first kappa shape index (κ1) is 21.4. The Hall–Kier alpha value is -1.92. The Morgan fingerprint density at radius 3 is 2.67 bits per heavy atom. The topological polar surface area (TPSA) is 83.5 Å². The monoisotopic (exact) mass is 391 g/mol. The van der Waals surface area contributed by atoms with Gasteiger partial charge < -0.3 is 5.11 Å². The van der Waals surface area contributed by atoms with Gasteiger partial charge in [0.1, 0.15) is 0 Å². The Morgan fingerprint density at radius 2 is 1.96 bits per heavy atom. The summed E-state index contributed by atoms with van der Waals surface area (Å²) in [4.78, 5) is 10.8. The van der Waals surface area contributed by atoms with Crippen LogP contribution in [0.3, 0.4) is 0 Å². The first-order valence-corrected chi connectivity index (χ1v) is 11.0. The van der Waals surface area contributed by atoms with Crippen molar-refractivity contribution in [2.75, 3.05) is 0 Å².